The summed E-state index contributed by atoms with van der Waals surface area (Å²) in [6.45, 7) is 6.48. The van der Waals surface area contributed by atoms with E-state index in [1.165, 1.54) is 11.8 Å². The fraction of sp³-hybridized carbons (Fsp3) is 0.194. The molecule has 7 nitrogen and oxygen atoms in total. The lowest BCUT2D eigenvalue weighted by atomic mass is 10.0. The number of nitrogens with one attached hydrogen (secondary N) is 1. The van der Waals surface area contributed by atoms with Crippen molar-refractivity contribution >= 4 is 28.9 Å². The number of hydrogen-bond donors (Lipinski definition) is 1. The number of nitrogens with zero attached hydrogens (tertiary/aromatic N) is 1. The number of benzene rings is 4. The zero-order valence-corrected chi connectivity index (χ0v) is 21.6. The smallest absolute Gasteiger partial charge is 0.343 e. The number of amides is 1. The second-order valence-electron chi connectivity index (χ2n) is 8.85. The van der Waals surface area contributed by atoms with Gasteiger partial charge in [0.2, 0.25) is 0 Å². The largest absolute Gasteiger partial charge is 0.494 e. The zero-order chi connectivity index (χ0) is 26.9. The number of ether oxygens (including phenoxy) is 3. The Morgan fingerprint density at radius 3 is 2.26 bits per heavy atom. The minimum Gasteiger partial charge on any atom is -0.494 e. The van der Waals surface area contributed by atoms with E-state index in [1.807, 2.05) is 61.5 Å². The highest BCUT2D eigenvalue weighted by molar-refractivity contribution is 6.04. The first-order chi connectivity index (χ1) is 18.4. The molecule has 0 aliphatic heterocycles. The van der Waals surface area contributed by atoms with E-state index in [2.05, 4.69) is 24.4 Å². The molecule has 1 amide bonds. The molecule has 0 saturated heterocycles. The van der Waals surface area contributed by atoms with Crippen LogP contribution in [0, 0.1) is 0 Å². The summed E-state index contributed by atoms with van der Waals surface area (Å²) in [4.78, 5) is 25.2. The molecule has 0 spiro atoms. The average molecular weight is 511 g/mol. The lowest BCUT2D eigenvalue weighted by Gasteiger charge is -2.11. The van der Waals surface area contributed by atoms with Gasteiger partial charge in [-0.05, 0) is 71.6 Å². The summed E-state index contributed by atoms with van der Waals surface area (Å²) in [5.41, 5.74) is 4.62. The predicted molar refractivity (Wildman–Crippen MR) is 148 cm³/mol. The second kappa shape index (κ2) is 12.5. The maximum absolute atomic E-state index is 12.8. The first-order valence-electron chi connectivity index (χ1n) is 12.5. The van der Waals surface area contributed by atoms with E-state index in [9.17, 15) is 9.59 Å². The summed E-state index contributed by atoms with van der Waals surface area (Å²) in [6, 6.07) is 25.6. The molecule has 0 atom stereocenters. The fourth-order valence-corrected chi connectivity index (χ4v) is 3.81. The van der Waals surface area contributed by atoms with E-state index in [-0.39, 0.29) is 6.61 Å². The van der Waals surface area contributed by atoms with Crippen molar-refractivity contribution in [1.29, 1.82) is 0 Å². The number of carbonyl (C=O) groups excluding carboxylic acids is 2. The molecule has 0 radical (unpaired) electrons. The van der Waals surface area contributed by atoms with Crippen molar-refractivity contribution in [3.63, 3.8) is 0 Å². The Hall–Kier alpha value is -4.65. The van der Waals surface area contributed by atoms with Gasteiger partial charge in [0.25, 0.3) is 5.91 Å². The lowest BCUT2D eigenvalue weighted by Crippen LogP contribution is -2.24. The molecule has 0 aliphatic rings. The van der Waals surface area contributed by atoms with Gasteiger partial charge >= 0.3 is 5.97 Å². The first-order valence-corrected chi connectivity index (χ1v) is 12.5. The number of hydrogen-bond acceptors (Lipinski definition) is 6. The molecule has 0 unspecified atom stereocenters. The standard InChI is InChI=1S/C31H30N2O5/c1-4-36-25-16-11-24(12-17-25)31(35)38-29-18-13-23-7-5-6-8-27(23)28(29)19-32-33-30(34)20-37-26-14-9-22(10-15-26)21(2)3/h5-19,21H,4,20H2,1-3H3,(H,33,34). The Balaban J connectivity index is 1.45. The van der Waals surface area contributed by atoms with Crippen molar-refractivity contribution in [3.05, 3.63) is 102 Å². The predicted octanol–water partition coefficient (Wildman–Crippen LogP) is 6.11. The molecule has 4 rings (SSSR count). The van der Waals surface area contributed by atoms with Gasteiger partial charge in [-0.25, -0.2) is 10.2 Å². The van der Waals surface area contributed by atoms with Gasteiger partial charge in [-0.2, -0.15) is 5.10 Å². The lowest BCUT2D eigenvalue weighted by molar-refractivity contribution is -0.123. The quantitative estimate of drug-likeness (QED) is 0.120. The van der Waals surface area contributed by atoms with Gasteiger partial charge in [0.05, 0.1) is 18.4 Å². The maximum atomic E-state index is 12.8. The number of esters is 1. The van der Waals surface area contributed by atoms with Gasteiger partial charge in [0, 0.05) is 5.56 Å². The van der Waals surface area contributed by atoms with Crippen LogP contribution in [0.2, 0.25) is 0 Å². The van der Waals surface area contributed by atoms with Crippen molar-refractivity contribution in [1.82, 2.24) is 5.43 Å². The van der Waals surface area contributed by atoms with Gasteiger partial charge in [-0.3, -0.25) is 4.79 Å². The molecular formula is C31H30N2O5. The Labute approximate surface area is 222 Å². The van der Waals surface area contributed by atoms with Crippen molar-refractivity contribution < 1.29 is 23.8 Å². The Bertz CT molecular complexity index is 1430. The summed E-state index contributed by atoms with van der Waals surface area (Å²) in [6.07, 6.45) is 1.47. The normalized spacial score (nSPS) is 11.1. The van der Waals surface area contributed by atoms with Crippen molar-refractivity contribution in [2.24, 2.45) is 5.10 Å². The zero-order valence-electron chi connectivity index (χ0n) is 21.6. The highest BCUT2D eigenvalue weighted by Gasteiger charge is 2.14. The van der Waals surface area contributed by atoms with E-state index >= 15 is 0 Å². The number of carbonyl (C=O) groups is 2. The minimum absolute atomic E-state index is 0.187. The van der Waals surface area contributed by atoms with E-state index in [4.69, 9.17) is 14.2 Å². The number of rotatable bonds is 10. The van der Waals surface area contributed by atoms with Crippen molar-refractivity contribution in [2.45, 2.75) is 26.7 Å². The molecule has 0 fully saturated rings. The monoisotopic (exact) mass is 510 g/mol. The topological polar surface area (TPSA) is 86.2 Å². The van der Waals surface area contributed by atoms with Crippen LogP contribution in [-0.2, 0) is 4.79 Å². The van der Waals surface area contributed by atoms with Crippen molar-refractivity contribution in [3.8, 4) is 17.2 Å². The van der Waals surface area contributed by atoms with Crippen LogP contribution < -0.4 is 19.6 Å². The van der Waals surface area contributed by atoms with Crippen LogP contribution in [-0.4, -0.2) is 31.3 Å². The third-order valence-corrected chi connectivity index (χ3v) is 5.83. The third kappa shape index (κ3) is 6.76. The number of fused-ring (bicyclic) bond motifs is 1. The van der Waals surface area contributed by atoms with Crippen LogP contribution in [0.3, 0.4) is 0 Å². The maximum Gasteiger partial charge on any atom is 0.343 e. The van der Waals surface area contributed by atoms with Gasteiger partial charge < -0.3 is 14.2 Å². The molecular weight excluding hydrogens is 480 g/mol. The Morgan fingerprint density at radius 1 is 0.868 bits per heavy atom. The fourth-order valence-electron chi connectivity index (χ4n) is 3.81. The van der Waals surface area contributed by atoms with Crippen LogP contribution in [0.25, 0.3) is 10.8 Å². The molecule has 4 aromatic carbocycles. The van der Waals surface area contributed by atoms with Crippen molar-refractivity contribution in [2.75, 3.05) is 13.2 Å². The van der Waals surface area contributed by atoms with Gasteiger partial charge in [-0.1, -0.05) is 56.3 Å². The highest BCUT2D eigenvalue weighted by atomic mass is 16.5. The SMILES string of the molecule is CCOc1ccc(C(=O)Oc2ccc3ccccc3c2C=NNC(=O)COc2ccc(C(C)C)cc2)cc1. The molecule has 38 heavy (non-hydrogen) atoms. The summed E-state index contributed by atoms with van der Waals surface area (Å²) in [5, 5.41) is 5.86. The molecule has 1 N–H and O–H groups in total. The highest BCUT2D eigenvalue weighted by Crippen LogP contribution is 2.28. The molecule has 4 aromatic rings. The third-order valence-electron chi connectivity index (χ3n) is 5.83. The summed E-state index contributed by atoms with van der Waals surface area (Å²) >= 11 is 0. The number of hydrazone groups is 1. The summed E-state index contributed by atoms with van der Waals surface area (Å²) < 4.78 is 16.7. The first kappa shape index (κ1) is 26.4. The van der Waals surface area contributed by atoms with Crippen LogP contribution >= 0.6 is 0 Å². The van der Waals surface area contributed by atoms with Gasteiger partial charge in [-0.15, -0.1) is 0 Å². The molecule has 0 aliphatic carbocycles. The Morgan fingerprint density at radius 2 is 1.55 bits per heavy atom. The van der Waals surface area contributed by atoms with Gasteiger partial charge in [0.1, 0.15) is 17.2 Å². The molecule has 0 heterocycles. The van der Waals surface area contributed by atoms with Crippen LogP contribution in [0.5, 0.6) is 17.2 Å². The van der Waals surface area contributed by atoms with Gasteiger partial charge in [0.15, 0.2) is 6.61 Å². The minimum atomic E-state index is -0.515. The average Bonchev–Trinajstić information content (AvgIpc) is 2.93. The van der Waals surface area contributed by atoms with E-state index in [0.29, 0.717) is 40.9 Å². The van der Waals surface area contributed by atoms with Crippen LogP contribution in [0.15, 0.2) is 90.0 Å². The Kier molecular flexibility index (Phi) is 8.72. The molecule has 0 aromatic heterocycles. The van der Waals surface area contributed by atoms with Crippen LogP contribution in [0.4, 0.5) is 0 Å². The van der Waals surface area contributed by atoms with Crippen LogP contribution in [0.1, 0.15) is 48.2 Å². The van der Waals surface area contributed by atoms with E-state index < -0.39 is 11.9 Å². The summed E-state index contributed by atoms with van der Waals surface area (Å²) in [7, 11) is 0. The van der Waals surface area contributed by atoms with E-state index in [0.717, 1.165) is 10.8 Å². The molecule has 7 heteroatoms. The summed E-state index contributed by atoms with van der Waals surface area (Å²) in [5.74, 6) is 1.09. The molecule has 194 valence electrons. The molecule has 0 saturated carbocycles. The molecule has 0 bridgehead atoms. The second-order valence-corrected chi connectivity index (χ2v) is 8.85. The van der Waals surface area contributed by atoms with E-state index in [1.54, 1.807) is 30.3 Å².